The quantitative estimate of drug-likeness (QED) is 0.154. The largest absolute Gasteiger partial charge is 0.379 e. The molecule has 8 saturated carbocycles. The fraction of sp³-hybridized carbons (Fsp3) is 0.984. The number of rotatable bonds is 2. The van der Waals surface area contributed by atoms with Crippen LogP contribution in [0.5, 0.6) is 0 Å². The third-order valence-electron chi connectivity index (χ3n) is 26.6. The highest BCUT2D eigenvalue weighted by Gasteiger charge is 2.71. The molecule has 0 unspecified atom stereocenters. The van der Waals surface area contributed by atoms with E-state index < -0.39 is 0 Å². The Morgan fingerprint density at radius 3 is 1.46 bits per heavy atom. The van der Waals surface area contributed by atoms with Gasteiger partial charge in [0, 0.05) is 100 Å². The van der Waals surface area contributed by atoms with Crippen molar-refractivity contribution in [2.24, 2.45) is 116 Å². The minimum atomic E-state index is -0.310. The van der Waals surface area contributed by atoms with Crippen LogP contribution >= 0.6 is 37.2 Å². The van der Waals surface area contributed by atoms with E-state index in [0.717, 1.165) is 126 Å². The average molecular weight is 1320 g/mol. The van der Waals surface area contributed by atoms with E-state index in [1.54, 1.807) is 5.01 Å². The number of nitrogens with two attached hydrogens (primary N) is 2. The van der Waals surface area contributed by atoms with Crippen LogP contribution in [0.4, 0.5) is 4.79 Å². The van der Waals surface area contributed by atoms with Crippen molar-refractivity contribution in [2.45, 2.75) is 220 Å². The summed E-state index contributed by atoms with van der Waals surface area (Å²) in [5.41, 5.74) is 11.3. The second kappa shape index (κ2) is 23.9. The molecule has 14 aliphatic rings. The Morgan fingerprint density at radius 2 is 1.00 bits per heavy atom. The van der Waals surface area contributed by atoms with Crippen LogP contribution < -0.4 is 22.3 Å². The normalized spacial score (nSPS) is 53.1. The van der Waals surface area contributed by atoms with Crippen LogP contribution in [0.15, 0.2) is 0 Å². The van der Waals surface area contributed by atoms with Gasteiger partial charge in [0.2, 0.25) is 0 Å². The number of fused-ring (bicyclic) bond motifs is 14. The highest BCUT2D eigenvalue weighted by molar-refractivity contribution is 15.0. The maximum Gasteiger partial charge on any atom is 0.329 e. The van der Waals surface area contributed by atoms with Gasteiger partial charge in [0.05, 0.1) is 51.8 Å². The smallest absolute Gasteiger partial charge is 0.329 e. The van der Waals surface area contributed by atoms with Crippen LogP contribution in [-0.4, -0.2) is 118 Å². The molecular weight excluding hydrogens is 1210 g/mol. The predicted octanol–water partition coefficient (Wildman–Crippen LogP) is 12.1. The van der Waals surface area contributed by atoms with E-state index in [0.29, 0.717) is 94.7 Å². The molecule has 6 N–H and O–H groups in total. The summed E-state index contributed by atoms with van der Waals surface area (Å²) in [6.45, 7) is 28.1. The van der Waals surface area contributed by atoms with E-state index in [1.807, 2.05) is 5.01 Å². The highest BCUT2D eigenvalue weighted by atomic mass is 128. The van der Waals surface area contributed by atoms with E-state index in [1.165, 1.54) is 103 Å². The van der Waals surface area contributed by atoms with Gasteiger partial charge in [0.25, 0.3) is 0 Å². The van der Waals surface area contributed by atoms with Crippen molar-refractivity contribution in [3.05, 3.63) is 0 Å². The van der Waals surface area contributed by atoms with Crippen molar-refractivity contribution in [1.29, 1.82) is 0 Å². The van der Waals surface area contributed by atoms with Gasteiger partial charge in [-0.25, -0.2) is 14.8 Å². The summed E-state index contributed by atoms with van der Waals surface area (Å²) in [7, 11) is 0. The van der Waals surface area contributed by atoms with Crippen LogP contribution in [0, 0.1) is 105 Å². The number of carbonyl (C=O) groups excluding carboxylic acids is 1. The lowest BCUT2D eigenvalue weighted by Gasteiger charge is -2.61. The summed E-state index contributed by atoms with van der Waals surface area (Å²) in [5, 5.41) is 7.09. The van der Waals surface area contributed by atoms with Gasteiger partial charge in [-0.15, -0.1) is 0 Å². The van der Waals surface area contributed by atoms with Crippen molar-refractivity contribution < 1.29 is 33.2 Å². The molecule has 13 nitrogen and oxygen atoms in total. The molecule has 6 heterocycles. The molecule has 15 heteroatoms. The number of halogens is 2. The molecule has 0 radical (unpaired) electrons. The van der Waals surface area contributed by atoms with Crippen molar-refractivity contribution >= 4 is 43.3 Å². The minimum absolute atomic E-state index is 0.0339. The molecule has 0 aromatic rings. The average Bonchev–Trinajstić information content (AvgIpc) is 3.71. The first-order valence-corrected chi connectivity index (χ1v) is 38.7. The molecule has 0 aromatic heterocycles. The molecule has 24 atom stereocenters. The number of hydrogen-bond acceptors (Lipinski definition) is 11. The van der Waals surface area contributed by atoms with Gasteiger partial charge < -0.3 is 39.5 Å². The van der Waals surface area contributed by atoms with Gasteiger partial charge in [0.15, 0.2) is 11.6 Å². The number of hydrogen-bond donors (Lipinski definition) is 4. The standard InChI is InChI=1S/C32H53N3O4.C27H45NO2.C4H10N2O.I2/c1-20-7-12-32(38-19-20)21(2)28-27(39-32)18-26-24-6-5-22-17-23(33-29(36)34-35-13-15-37-16-14-35)8-10-30(22,3)25(24)9-11-31(26,28)4;1-16-7-12-27(29-15-16)17(2)24-23(30-27)14-22-20-6-5-18-13-19(28)8-10-25(18,3)21(20)9-11-26(22,24)4;5-6-1-3-7-4-2-6;1-2/h20-28H,5-19H2,1-4H3,(H2,33,34,36);16-24H,5-15,28H2,1-4H3;1-5H2;/t20-,21-,22+,23+,24+,25-,26-,27-,28-,30-,31-,32+;16-,17-,18+,19+,20+,21-,22-,23-,24-,25-,26-,27+;;/m00../s1. The molecule has 2 amide bonds. The number of carbonyl (C=O) groups is 1. The fourth-order valence-corrected chi connectivity index (χ4v) is 22.3. The Balaban J connectivity index is 0.000000146. The van der Waals surface area contributed by atoms with Crippen molar-refractivity contribution in [2.75, 3.05) is 65.8 Å². The van der Waals surface area contributed by atoms with Gasteiger partial charge in [0.1, 0.15) is 0 Å². The molecule has 446 valence electrons. The molecule has 6 saturated heterocycles. The summed E-state index contributed by atoms with van der Waals surface area (Å²) in [5.74, 6) is 15.3. The maximum absolute atomic E-state index is 12.7. The molecule has 78 heavy (non-hydrogen) atoms. The van der Waals surface area contributed by atoms with Crippen LogP contribution in [0.25, 0.3) is 0 Å². The number of urea groups is 1. The van der Waals surface area contributed by atoms with Crippen LogP contribution in [0.1, 0.15) is 184 Å². The zero-order chi connectivity index (χ0) is 55.0. The van der Waals surface area contributed by atoms with E-state index >= 15 is 0 Å². The molecule has 14 rings (SSSR count). The molecule has 2 spiro atoms. The Labute approximate surface area is 495 Å². The third-order valence-corrected chi connectivity index (χ3v) is 26.6. The number of nitrogens with zero attached hydrogens (tertiary/aromatic N) is 2. The first-order valence-electron chi connectivity index (χ1n) is 32.4. The molecule has 6 aliphatic heterocycles. The van der Waals surface area contributed by atoms with E-state index in [4.69, 9.17) is 40.0 Å². The number of nitrogens with one attached hydrogen (secondary N) is 2. The lowest BCUT2D eigenvalue weighted by molar-refractivity contribution is -0.273. The van der Waals surface area contributed by atoms with Gasteiger partial charge >= 0.3 is 6.03 Å². The third kappa shape index (κ3) is 10.8. The van der Waals surface area contributed by atoms with Gasteiger partial charge in [-0.2, -0.15) is 0 Å². The Morgan fingerprint density at radius 1 is 0.538 bits per heavy atom. The Bertz CT molecular complexity index is 2040. The predicted molar refractivity (Wildman–Crippen MR) is 324 cm³/mol. The van der Waals surface area contributed by atoms with E-state index in [2.05, 4.69) is 103 Å². The SMILES string of the molecule is C[C@H]1CC[C@@]2(OC1)O[C@H]1C[C@H]3[C@@H]4CC[C@@H]5C[C@H](N)CC[C@]5(C)[C@H]4CC[C@]3(C)[C@H]1[C@@H]2C.C[C@H]1CC[C@@]2(OC1)O[C@H]1C[C@H]3[C@@H]4CC[C@@H]5C[C@H](NC(=O)NN6CCOCC6)CC[C@]5(C)[C@H]4CC[C@]3(C)[C@H]1[C@@H]2C.II.NN1CCOCC1. The van der Waals surface area contributed by atoms with Gasteiger partial charge in [-0.1, -0.05) is 55.4 Å². The van der Waals surface area contributed by atoms with Crippen LogP contribution in [0.3, 0.4) is 0 Å². The van der Waals surface area contributed by atoms with Gasteiger partial charge in [-0.05, 0) is 208 Å². The topological polar surface area (TPSA) is 155 Å². The summed E-state index contributed by atoms with van der Waals surface area (Å²) < 4.78 is 37.3. The number of amides is 2. The summed E-state index contributed by atoms with van der Waals surface area (Å²) >= 11 is 4.24. The molecule has 8 aliphatic carbocycles. The van der Waals surface area contributed by atoms with E-state index in [-0.39, 0.29) is 17.6 Å². The minimum Gasteiger partial charge on any atom is -0.379 e. The van der Waals surface area contributed by atoms with Crippen LogP contribution in [0.2, 0.25) is 0 Å². The van der Waals surface area contributed by atoms with Gasteiger partial charge in [-0.3, -0.25) is 11.3 Å². The molecule has 0 aromatic carbocycles. The first kappa shape index (κ1) is 60.0. The van der Waals surface area contributed by atoms with E-state index in [9.17, 15) is 4.79 Å². The van der Waals surface area contributed by atoms with Crippen molar-refractivity contribution in [1.82, 2.24) is 20.8 Å². The fourth-order valence-electron chi connectivity index (χ4n) is 22.3. The molecule has 0 bridgehead atoms. The number of hydrazine groups is 2. The zero-order valence-corrected chi connectivity index (χ0v) is 54.1. The lowest BCUT2D eigenvalue weighted by atomic mass is 9.44. The second-order valence-electron chi connectivity index (χ2n) is 30.2. The maximum atomic E-state index is 12.7. The number of ether oxygens (including phenoxy) is 6. The highest BCUT2D eigenvalue weighted by Crippen LogP contribution is 2.73. The monoisotopic (exact) mass is 1310 g/mol. The van der Waals surface area contributed by atoms with Crippen molar-refractivity contribution in [3.63, 3.8) is 0 Å². The Kier molecular flexibility index (Phi) is 18.4. The van der Waals surface area contributed by atoms with Crippen molar-refractivity contribution in [3.8, 4) is 0 Å². The second-order valence-corrected chi connectivity index (χ2v) is 30.2. The lowest BCUT2D eigenvalue weighted by Crippen LogP contribution is -2.58. The molecule has 14 fully saturated rings. The molecular formula is C63H108I2N6O7. The summed E-state index contributed by atoms with van der Waals surface area (Å²) in [6, 6.07) is 0.723. The van der Waals surface area contributed by atoms with Crippen LogP contribution in [-0.2, 0) is 28.4 Å². The Hall–Kier alpha value is 0.330. The summed E-state index contributed by atoms with van der Waals surface area (Å²) in [6.07, 6.45) is 26.6. The first-order chi connectivity index (χ1) is 37.4. The summed E-state index contributed by atoms with van der Waals surface area (Å²) in [4.78, 5) is 12.7. The number of morpholine rings is 2. The zero-order valence-electron chi connectivity index (χ0n) is 49.8.